The van der Waals surface area contributed by atoms with E-state index in [4.69, 9.17) is 5.11 Å². The van der Waals surface area contributed by atoms with Crippen LogP contribution >= 0.6 is 0 Å². The molecule has 0 aliphatic carbocycles. The molecule has 0 saturated heterocycles. The molecule has 0 spiro atoms. The molecule has 0 aromatic carbocycles. The van der Waals surface area contributed by atoms with Gasteiger partial charge in [-0.1, -0.05) is 0 Å². The van der Waals surface area contributed by atoms with Crippen molar-refractivity contribution in [2.24, 2.45) is 7.05 Å². The van der Waals surface area contributed by atoms with E-state index in [0.29, 0.717) is 5.69 Å². The Morgan fingerprint density at radius 3 is 2.70 bits per heavy atom. The number of carboxylic acid groups (broad SMARTS) is 1. The fourth-order valence-corrected chi connectivity index (χ4v) is 1.43. The van der Waals surface area contributed by atoms with Crippen molar-refractivity contribution in [1.82, 2.24) is 15.1 Å². The van der Waals surface area contributed by atoms with Gasteiger partial charge in [-0.05, 0) is 6.42 Å². The number of amides is 2. The number of rotatable bonds is 6. The van der Waals surface area contributed by atoms with Gasteiger partial charge in [0.05, 0.1) is 19.0 Å². The molecule has 0 fully saturated rings. The van der Waals surface area contributed by atoms with Crippen molar-refractivity contribution in [3.05, 3.63) is 12.4 Å². The van der Waals surface area contributed by atoms with E-state index < -0.39 is 24.0 Å². The molecule has 0 aliphatic rings. The number of anilines is 1. The van der Waals surface area contributed by atoms with Gasteiger partial charge in [-0.2, -0.15) is 5.10 Å². The first-order valence-corrected chi connectivity index (χ1v) is 5.78. The molecule has 2 amide bonds. The van der Waals surface area contributed by atoms with Crippen molar-refractivity contribution in [1.29, 1.82) is 0 Å². The number of aryl methyl sites for hydroxylation is 1. The first kappa shape index (κ1) is 15.5. The number of methoxy groups -OCH3 is 1. The summed E-state index contributed by atoms with van der Waals surface area (Å²) in [6, 6.07) is -1.86. The van der Waals surface area contributed by atoms with Gasteiger partial charge in [-0.15, -0.1) is 0 Å². The van der Waals surface area contributed by atoms with E-state index in [9.17, 15) is 14.4 Å². The smallest absolute Gasteiger partial charge is 0.326 e. The molecule has 9 nitrogen and oxygen atoms in total. The average Bonchev–Trinajstić information content (AvgIpc) is 2.78. The summed E-state index contributed by atoms with van der Waals surface area (Å²) in [5, 5.41) is 17.5. The molecule has 1 rings (SSSR count). The van der Waals surface area contributed by atoms with Crippen LogP contribution in [0.2, 0.25) is 0 Å². The lowest BCUT2D eigenvalue weighted by Crippen LogP contribution is -2.43. The maximum atomic E-state index is 11.6. The molecule has 1 heterocycles. The van der Waals surface area contributed by atoms with Crippen LogP contribution in [-0.4, -0.2) is 46.0 Å². The third-order valence-electron chi connectivity index (χ3n) is 2.43. The summed E-state index contributed by atoms with van der Waals surface area (Å²) in [7, 11) is 2.89. The first-order chi connectivity index (χ1) is 9.42. The molecule has 3 N–H and O–H groups in total. The molecule has 0 radical (unpaired) electrons. The summed E-state index contributed by atoms with van der Waals surface area (Å²) in [6.07, 6.45) is 2.83. The molecule has 1 aromatic heterocycles. The van der Waals surface area contributed by atoms with Crippen molar-refractivity contribution < 1.29 is 24.2 Å². The monoisotopic (exact) mass is 284 g/mol. The number of hydrogen-bond acceptors (Lipinski definition) is 5. The minimum Gasteiger partial charge on any atom is -0.480 e. The second kappa shape index (κ2) is 7.12. The number of esters is 1. The normalized spacial score (nSPS) is 11.5. The number of nitrogens with one attached hydrogen (secondary N) is 2. The predicted molar refractivity (Wildman–Crippen MR) is 68.0 cm³/mol. The lowest BCUT2D eigenvalue weighted by atomic mass is 10.1. The number of urea groups is 1. The van der Waals surface area contributed by atoms with Gasteiger partial charge in [-0.3, -0.25) is 9.48 Å². The molecule has 0 aliphatic heterocycles. The molecule has 1 atom stereocenters. The Morgan fingerprint density at radius 1 is 1.50 bits per heavy atom. The van der Waals surface area contributed by atoms with Crippen molar-refractivity contribution in [2.45, 2.75) is 18.9 Å². The summed E-state index contributed by atoms with van der Waals surface area (Å²) < 4.78 is 5.90. The van der Waals surface area contributed by atoms with Crippen LogP contribution in [0.25, 0.3) is 0 Å². The number of aliphatic carboxylic acids is 1. The van der Waals surface area contributed by atoms with E-state index in [2.05, 4.69) is 20.5 Å². The van der Waals surface area contributed by atoms with Crippen molar-refractivity contribution in [2.75, 3.05) is 12.4 Å². The number of carboxylic acids is 1. The molecule has 9 heteroatoms. The minimum absolute atomic E-state index is 0.0531. The maximum absolute atomic E-state index is 11.6. The van der Waals surface area contributed by atoms with Gasteiger partial charge in [0.2, 0.25) is 0 Å². The Labute approximate surface area is 114 Å². The Kier molecular flexibility index (Phi) is 5.51. The SMILES string of the molecule is COC(=O)CC[C@H](NC(=O)Nc1cnn(C)c1)C(=O)O. The molecule has 0 bridgehead atoms. The predicted octanol–water partition coefficient (Wildman–Crippen LogP) is -0.0520. The van der Waals surface area contributed by atoms with Crippen LogP contribution in [0.4, 0.5) is 10.5 Å². The van der Waals surface area contributed by atoms with Gasteiger partial charge < -0.3 is 20.5 Å². The number of ether oxygens (including phenoxy) is 1. The van der Waals surface area contributed by atoms with Crippen LogP contribution in [0.15, 0.2) is 12.4 Å². The Balaban J connectivity index is 2.50. The highest BCUT2D eigenvalue weighted by molar-refractivity contribution is 5.92. The summed E-state index contributed by atoms with van der Waals surface area (Å²) in [5.41, 5.74) is 0.433. The lowest BCUT2D eigenvalue weighted by molar-refractivity contribution is -0.142. The zero-order valence-electron chi connectivity index (χ0n) is 11.1. The maximum Gasteiger partial charge on any atom is 0.326 e. The zero-order valence-corrected chi connectivity index (χ0v) is 11.1. The molecule has 20 heavy (non-hydrogen) atoms. The summed E-state index contributed by atoms with van der Waals surface area (Å²) in [6.45, 7) is 0. The highest BCUT2D eigenvalue weighted by Crippen LogP contribution is 2.04. The van der Waals surface area contributed by atoms with Gasteiger partial charge >= 0.3 is 18.0 Å². The number of nitrogens with zero attached hydrogens (tertiary/aromatic N) is 2. The van der Waals surface area contributed by atoms with Crippen molar-refractivity contribution in [3.63, 3.8) is 0 Å². The minimum atomic E-state index is -1.23. The van der Waals surface area contributed by atoms with Gasteiger partial charge in [0, 0.05) is 19.7 Å². The number of carbonyl (C=O) groups is 3. The van der Waals surface area contributed by atoms with E-state index in [1.807, 2.05) is 0 Å². The highest BCUT2D eigenvalue weighted by Gasteiger charge is 2.21. The zero-order chi connectivity index (χ0) is 15.1. The molecular weight excluding hydrogens is 268 g/mol. The van der Waals surface area contributed by atoms with Crippen molar-refractivity contribution >= 4 is 23.7 Å². The Morgan fingerprint density at radius 2 is 2.20 bits per heavy atom. The van der Waals surface area contributed by atoms with E-state index in [-0.39, 0.29) is 12.8 Å². The Bertz CT molecular complexity index is 499. The fraction of sp³-hybridized carbons (Fsp3) is 0.455. The average molecular weight is 284 g/mol. The molecule has 0 saturated carbocycles. The number of hydrogen-bond donors (Lipinski definition) is 3. The summed E-state index contributed by atoms with van der Waals surface area (Å²) >= 11 is 0. The Hall–Kier alpha value is -2.58. The first-order valence-electron chi connectivity index (χ1n) is 5.78. The molecule has 110 valence electrons. The quantitative estimate of drug-likeness (QED) is 0.629. The van der Waals surface area contributed by atoms with Gasteiger partial charge in [0.15, 0.2) is 0 Å². The van der Waals surface area contributed by atoms with E-state index in [1.54, 1.807) is 13.2 Å². The summed E-state index contributed by atoms with van der Waals surface area (Å²) in [5.74, 6) is -1.76. The molecule has 0 unspecified atom stereocenters. The van der Waals surface area contributed by atoms with Gasteiger partial charge in [0.1, 0.15) is 6.04 Å². The van der Waals surface area contributed by atoms with Gasteiger partial charge in [0.25, 0.3) is 0 Å². The standard InChI is InChI=1S/C11H16N4O5/c1-15-6-7(5-12-15)13-11(19)14-8(10(17)18)3-4-9(16)20-2/h5-6,8H,3-4H2,1-2H3,(H,17,18)(H2,13,14,19)/t8-/m0/s1. The van der Waals surface area contributed by atoms with Crippen LogP contribution in [0.5, 0.6) is 0 Å². The number of aromatic nitrogens is 2. The third kappa shape index (κ3) is 4.96. The van der Waals surface area contributed by atoms with E-state index >= 15 is 0 Å². The molecule has 1 aromatic rings. The van der Waals surface area contributed by atoms with Crippen LogP contribution in [-0.2, 0) is 21.4 Å². The van der Waals surface area contributed by atoms with E-state index in [0.717, 1.165) is 0 Å². The van der Waals surface area contributed by atoms with Crippen molar-refractivity contribution in [3.8, 4) is 0 Å². The summed E-state index contributed by atoms with van der Waals surface area (Å²) in [4.78, 5) is 33.6. The topological polar surface area (TPSA) is 123 Å². The second-order valence-corrected chi connectivity index (χ2v) is 4.01. The van der Waals surface area contributed by atoms with Gasteiger partial charge in [-0.25, -0.2) is 9.59 Å². The van der Waals surface area contributed by atoms with Crippen LogP contribution < -0.4 is 10.6 Å². The number of carbonyl (C=O) groups excluding carboxylic acids is 2. The van der Waals surface area contributed by atoms with E-state index in [1.165, 1.54) is 18.0 Å². The highest BCUT2D eigenvalue weighted by atomic mass is 16.5. The third-order valence-corrected chi connectivity index (χ3v) is 2.43. The molecular formula is C11H16N4O5. The second-order valence-electron chi connectivity index (χ2n) is 4.01. The lowest BCUT2D eigenvalue weighted by Gasteiger charge is -2.13. The van der Waals surface area contributed by atoms with Crippen LogP contribution in [0.1, 0.15) is 12.8 Å². The van der Waals surface area contributed by atoms with Crippen LogP contribution in [0, 0.1) is 0 Å². The fourth-order valence-electron chi connectivity index (χ4n) is 1.43. The largest absolute Gasteiger partial charge is 0.480 e. The van der Waals surface area contributed by atoms with Crippen LogP contribution in [0.3, 0.4) is 0 Å².